The maximum atomic E-state index is 14.3. The zero-order chi connectivity index (χ0) is 21.6. The molecular weight excluding hydrogens is 461 g/mol. The SMILES string of the molecule is Cc1cc(F)cc(C(=O)c2c(C)nn(-c3c(F)c(F)c(C#N)c(F)c3F)c2O)c1.[Cu]. The van der Waals surface area contributed by atoms with Crippen LogP contribution in [-0.2, 0) is 17.1 Å². The zero-order valence-corrected chi connectivity index (χ0v) is 16.1. The van der Waals surface area contributed by atoms with Crippen molar-refractivity contribution in [2.45, 2.75) is 13.8 Å². The average molecular weight is 471 g/mol. The second-order valence-electron chi connectivity index (χ2n) is 6.13. The van der Waals surface area contributed by atoms with Crippen LogP contribution in [0.3, 0.4) is 0 Å². The molecule has 1 aromatic heterocycles. The fourth-order valence-electron chi connectivity index (χ4n) is 2.85. The minimum absolute atomic E-state index is 0. The van der Waals surface area contributed by atoms with E-state index in [-0.39, 0.29) is 33.0 Å². The van der Waals surface area contributed by atoms with E-state index < -0.39 is 57.6 Å². The monoisotopic (exact) mass is 470 g/mol. The molecule has 0 amide bonds. The number of nitrogens with zero attached hydrogens (tertiary/aromatic N) is 3. The summed E-state index contributed by atoms with van der Waals surface area (Å²) in [4.78, 5) is 12.7. The number of halogens is 5. The van der Waals surface area contributed by atoms with Crippen molar-refractivity contribution in [3.05, 3.63) is 75.2 Å². The first-order chi connectivity index (χ1) is 13.6. The number of hydrogen-bond acceptors (Lipinski definition) is 4. The Morgan fingerprint density at radius 1 is 1.03 bits per heavy atom. The maximum absolute atomic E-state index is 14.3. The van der Waals surface area contributed by atoms with E-state index in [4.69, 9.17) is 5.26 Å². The standard InChI is InChI=1S/C19H10F5N3O2.Cu/c1-7-3-9(5-10(20)4-7)18(28)12-8(2)26-27(19(12)29)17-15(23)13(21)11(6-25)14(22)16(17)24;/h3-5,29H,1-2H3;. The Balaban J connectivity index is 0.00000320. The van der Waals surface area contributed by atoms with E-state index in [9.17, 15) is 31.9 Å². The molecule has 0 atom stereocenters. The van der Waals surface area contributed by atoms with E-state index >= 15 is 0 Å². The Hall–Kier alpha value is -3.22. The van der Waals surface area contributed by atoms with Crippen LogP contribution < -0.4 is 0 Å². The summed E-state index contributed by atoms with van der Waals surface area (Å²) < 4.78 is 70.1. The molecule has 3 aromatic rings. The van der Waals surface area contributed by atoms with Gasteiger partial charge in [0.2, 0.25) is 5.88 Å². The van der Waals surface area contributed by atoms with E-state index in [2.05, 4.69) is 5.10 Å². The van der Waals surface area contributed by atoms with E-state index in [1.54, 1.807) is 0 Å². The minimum atomic E-state index is -1.99. The van der Waals surface area contributed by atoms with Crippen LogP contribution >= 0.6 is 0 Å². The van der Waals surface area contributed by atoms with Gasteiger partial charge >= 0.3 is 0 Å². The molecule has 30 heavy (non-hydrogen) atoms. The van der Waals surface area contributed by atoms with Gasteiger partial charge in [-0.05, 0) is 37.6 Å². The quantitative estimate of drug-likeness (QED) is 0.272. The summed E-state index contributed by atoms with van der Waals surface area (Å²) in [7, 11) is 0. The van der Waals surface area contributed by atoms with Crippen molar-refractivity contribution in [3.63, 3.8) is 0 Å². The van der Waals surface area contributed by atoms with Crippen molar-refractivity contribution >= 4 is 5.78 Å². The first-order valence-corrected chi connectivity index (χ1v) is 7.95. The molecule has 1 N–H and O–H groups in total. The van der Waals surface area contributed by atoms with Crippen LogP contribution in [0.25, 0.3) is 5.69 Å². The Morgan fingerprint density at radius 2 is 1.60 bits per heavy atom. The van der Waals surface area contributed by atoms with Gasteiger partial charge in [0.15, 0.2) is 29.1 Å². The van der Waals surface area contributed by atoms with Crippen LogP contribution in [0.2, 0.25) is 0 Å². The summed E-state index contributed by atoms with van der Waals surface area (Å²) in [5.41, 5.74) is -3.50. The number of rotatable bonds is 3. The van der Waals surface area contributed by atoms with Gasteiger partial charge in [-0.2, -0.15) is 15.0 Å². The van der Waals surface area contributed by atoms with Gasteiger partial charge in [-0.1, -0.05) is 0 Å². The molecule has 0 fully saturated rings. The van der Waals surface area contributed by atoms with Crippen LogP contribution in [0.15, 0.2) is 18.2 Å². The molecule has 0 unspecified atom stereocenters. The number of aryl methyl sites for hydroxylation is 2. The Kier molecular flexibility index (Phi) is 6.35. The molecular formula is C19H10CuF5N3O2. The fraction of sp³-hybridized carbons (Fsp3) is 0.105. The van der Waals surface area contributed by atoms with Gasteiger partial charge < -0.3 is 5.11 Å². The van der Waals surface area contributed by atoms with Crippen molar-refractivity contribution in [1.29, 1.82) is 5.26 Å². The van der Waals surface area contributed by atoms with Gasteiger partial charge in [-0.25, -0.2) is 22.0 Å². The normalized spacial score (nSPS) is 10.5. The molecule has 2 aromatic carbocycles. The van der Waals surface area contributed by atoms with Crippen LogP contribution in [0.5, 0.6) is 5.88 Å². The number of ketones is 1. The average Bonchev–Trinajstić information content (AvgIpc) is 2.93. The summed E-state index contributed by atoms with van der Waals surface area (Å²) in [5, 5.41) is 22.6. The summed E-state index contributed by atoms with van der Waals surface area (Å²) >= 11 is 0. The van der Waals surface area contributed by atoms with E-state index in [1.807, 2.05) is 0 Å². The Morgan fingerprint density at radius 3 is 2.10 bits per heavy atom. The number of benzene rings is 2. The number of aromatic nitrogens is 2. The summed E-state index contributed by atoms with van der Waals surface area (Å²) in [6.45, 7) is 2.71. The number of aromatic hydroxyl groups is 1. The molecule has 5 nitrogen and oxygen atoms in total. The molecule has 159 valence electrons. The zero-order valence-electron chi connectivity index (χ0n) is 15.1. The van der Waals surface area contributed by atoms with Gasteiger partial charge in [-0.15, -0.1) is 0 Å². The molecule has 0 aliphatic rings. The predicted octanol–water partition coefficient (Wildman–Crippen LogP) is 3.99. The first-order valence-electron chi connectivity index (χ1n) is 7.95. The van der Waals surface area contributed by atoms with Crippen LogP contribution in [0.1, 0.15) is 32.7 Å². The van der Waals surface area contributed by atoms with Crippen LogP contribution in [0, 0.1) is 54.3 Å². The van der Waals surface area contributed by atoms with Crippen molar-refractivity contribution < 1.29 is 48.9 Å². The van der Waals surface area contributed by atoms with Gasteiger partial charge in [-0.3, -0.25) is 4.79 Å². The Labute approximate surface area is 176 Å². The number of carbonyl (C=O) groups excluding carboxylic acids is 1. The van der Waals surface area contributed by atoms with Gasteiger partial charge in [0.25, 0.3) is 0 Å². The van der Waals surface area contributed by atoms with Crippen molar-refractivity contribution in [2.24, 2.45) is 0 Å². The van der Waals surface area contributed by atoms with Gasteiger partial charge in [0.05, 0.1) is 5.69 Å². The topological polar surface area (TPSA) is 78.9 Å². The molecule has 0 saturated carbocycles. The molecule has 1 radical (unpaired) electrons. The predicted molar refractivity (Wildman–Crippen MR) is 89.1 cm³/mol. The van der Waals surface area contributed by atoms with E-state index in [1.165, 1.54) is 19.9 Å². The van der Waals surface area contributed by atoms with E-state index in [0.717, 1.165) is 18.2 Å². The largest absolute Gasteiger partial charge is 0.493 e. The molecule has 0 saturated heterocycles. The number of hydrogen-bond donors (Lipinski definition) is 1. The maximum Gasteiger partial charge on any atom is 0.226 e. The molecule has 1 heterocycles. The summed E-state index contributed by atoms with van der Waals surface area (Å²) in [5.74, 6) is -10.7. The molecule has 3 rings (SSSR count). The molecule has 0 bridgehead atoms. The van der Waals surface area contributed by atoms with Gasteiger partial charge in [0.1, 0.15) is 28.7 Å². The molecule has 11 heteroatoms. The van der Waals surface area contributed by atoms with Crippen LogP contribution in [0.4, 0.5) is 22.0 Å². The smallest absolute Gasteiger partial charge is 0.226 e. The Bertz CT molecular complexity index is 1180. The minimum Gasteiger partial charge on any atom is -0.493 e. The van der Waals surface area contributed by atoms with E-state index in [0.29, 0.717) is 5.56 Å². The second-order valence-corrected chi connectivity index (χ2v) is 6.13. The summed E-state index contributed by atoms with van der Waals surface area (Å²) in [6, 6.07) is 4.34. The van der Waals surface area contributed by atoms with Crippen molar-refractivity contribution in [2.75, 3.05) is 0 Å². The fourth-order valence-corrected chi connectivity index (χ4v) is 2.85. The number of carbonyl (C=O) groups is 1. The third kappa shape index (κ3) is 3.56. The third-order valence-corrected chi connectivity index (χ3v) is 4.13. The first kappa shape index (κ1) is 23.1. The molecule has 0 aliphatic heterocycles. The van der Waals surface area contributed by atoms with Gasteiger partial charge in [0, 0.05) is 22.6 Å². The molecule has 0 spiro atoms. The number of nitriles is 1. The van der Waals surface area contributed by atoms with Crippen molar-refractivity contribution in [1.82, 2.24) is 9.78 Å². The third-order valence-electron chi connectivity index (χ3n) is 4.13. The van der Waals surface area contributed by atoms with Crippen LogP contribution in [-0.4, -0.2) is 20.7 Å². The molecule has 0 aliphatic carbocycles. The summed E-state index contributed by atoms with van der Waals surface area (Å²) in [6.07, 6.45) is 0. The van der Waals surface area contributed by atoms with Crippen molar-refractivity contribution in [3.8, 4) is 17.6 Å². The second kappa shape index (κ2) is 8.26.